The molecule has 0 aliphatic carbocycles. The van der Waals surface area contributed by atoms with Crippen molar-refractivity contribution in [2.75, 3.05) is 18.4 Å². The summed E-state index contributed by atoms with van der Waals surface area (Å²) in [5, 5.41) is 9.99. The number of carbonyl (C=O) groups is 2. The number of nitrogens with zero attached hydrogens (tertiary/aromatic N) is 3. The zero-order chi connectivity index (χ0) is 17.6. The highest BCUT2D eigenvalue weighted by atomic mass is 16.2. The van der Waals surface area contributed by atoms with Crippen molar-refractivity contribution in [1.82, 2.24) is 20.0 Å². The van der Waals surface area contributed by atoms with Gasteiger partial charge in [0.25, 0.3) is 0 Å². The van der Waals surface area contributed by atoms with E-state index < -0.39 is 0 Å². The maximum absolute atomic E-state index is 12.3. The highest BCUT2D eigenvalue weighted by Gasteiger charge is 2.22. The fourth-order valence-corrected chi connectivity index (χ4v) is 3.00. The van der Waals surface area contributed by atoms with Crippen molar-refractivity contribution in [1.29, 1.82) is 0 Å². The number of likely N-dealkylation sites (tertiary alicyclic amines) is 1. The third-order valence-electron chi connectivity index (χ3n) is 4.20. The summed E-state index contributed by atoms with van der Waals surface area (Å²) in [5.74, 6) is 0.165. The highest BCUT2D eigenvalue weighted by Crippen LogP contribution is 2.16. The molecule has 1 aromatic heterocycles. The van der Waals surface area contributed by atoms with E-state index >= 15 is 0 Å². The fraction of sp³-hybridized carbons (Fsp3) is 0.389. The summed E-state index contributed by atoms with van der Waals surface area (Å²) in [6.07, 6.45) is 5.12. The number of para-hydroxylation sites is 1. The highest BCUT2D eigenvalue weighted by molar-refractivity contribution is 5.90. The van der Waals surface area contributed by atoms with Gasteiger partial charge in [-0.2, -0.15) is 5.10 Å². The van der Waals surface area contributed by atoms with Crippen molar-refractivity contribution in [3.05, 3.63) is 48.3 Å². The summed E-state index contributed by atoms with van der Waals surface area (Å²) >= 11 is 0. The number of anilines is 1. The van der Waals surface area contributed by atoms with E-state index in [4.69, 9.17) is 0 Å². The number of benzene rings is 1. The van der Waals surface area contributed by atoms with E-state index in [2.05, 4.69) is 15.7 Å². The van der Waals surface area contributed by atoms with Crippen LogP contribution in [0.5, 0.6) is 0 Å². The van der Waals surface area contributed by atoms with E-state index in [1.165, 1.54) is 0 Å². The SMILES string of the molecule is CC(CN1CCCC1=O)NC(=O)Nc1ccccc1Cn1cccn1. The Morgan fingerprint density at radius 2 is 2.16 bits per heavy atom. The van der Waals surface area contributed by atoms with Gasteiger partial charge in [0.2, 0.25) is 5.91 Å². The van der Waals surface area contributed by atoms with Crippen molar-refractivity contribution < 1.29 is 9.59 Å². The normalized spacial score (nSPS) is 15.2. The molecule has 1 atom stereocenters. The first-order valence-corrected chi connectivity index (χ1v) is 8.52. The predicted octanol–water partition coefficient (Wildman–Crippen LogP) is 2.06. The first kappa shape index (κ1) is 17.0. The molecule has 2 N–H and O–H groups in total. The first-order chi connectivity index (χ1) is 12.1. The summed E-state index contributed by atoms with van der Waals surface area (Å²) < 4.78 is 1.81. The zero-order valence-corrected chi connectivity index (χ0v) is 14.3. The van der Waals surface area contributed by atoms with Crippen LogP contribution in [0.2, 0.25) is 0 Å². The van der Waals surface area contributed by atoms with Gasteiger partial charge in [-0.15, -0.1) is 0 Å². The smallest absolute Gasteiger partial charge is 0.319 e. The average Bonchev–Trinajstić information content (AvgIpc) is 3.22. The molecule has 0 saturated carbocycles. The molecule has 7 nitrogen and oxygen atoms in total. The Morgan fingerprint density at radius 3 is 2.88 bits per heavy atom. The van der Waals surface area contributed by atoms with Crippen molar-refractivity contribution >= 4 is 17.6 Å². The van der Waals surface area contributed by atoms with Gasteiger partial charge in [-0.3, -0.25) is 9.48 Å². The van der Waals surface area contributed by atoms with Crippen LogP contribution in [0.25, 0.3) is 0 Å². The van der Waals surface area contributed by atoms with Gasteiger partial charge in [0.15, 0.2) is 0 Å². The molecular weight excluding hydrogens is 318 g/mol. The maximum Gasteiger partial charge on any atom is 0.319 e. The van der Waals surface area contributed by atoms with E-state index in [1.54, 1.807) is 15.8 Å². The number of aromatic nitrogens is 2. The predicted molar refractivity (Wildman–Crippen MR) is 95.2 cm³/mol. The van der Waals surface area contributed by atoms with Gasteiger partial charge in [-0.05, 0) is 31.0 Å². The molecule has 0 bridgehead atoms. The van der Waals surface area contributed by atoms with E-state index in [9.17, 15) is 9.59 Å². The minimum absolute atomic E-state index is 0.111. The van der Waals surface area contributed by atoms with Gasteiger partial charge in [0, 0.05) is 43.6 Å². The second kappa shape index (κ2) is 7.83. The molecule has 0 spiro atoms. The number of rotatable bonds is 6. The largest absolute Gasteiger partial charge is 0.341 e. The molecule has 2 aromatic rings. The van der Waals surface area contributed by atoms with E-state index in [0.717, 1.165) is 24.2 Å². The monoisotopic (exact) mass is 341 g/mol. The Labute approximate surface area is 147 Å². The third kappa shape index (κ3) is 4.59. The van der Waals surface area contributed by atoms with E-state index in [1.807, 2.05) is 43.5 Å². The molecule has 1 aliphatic heterocycles. The lowest BCUT2D eigenvalue weighted by atomic mass is 10.2. The van der Waals surface area contributed by atoms with E-state index in [-0.39, 0.29) is 18.0 Å². The standard InChI is InChI=1S/C18H23N5O2/c1-14(12-22-10-4-8-17(22)24)20-18(25)21-16-7-3-2-6-15(16)13-23-11-5-9-19-23/h2-3,5-7,9,11,14H,4,8,10,12-13H2,1H3,(H2,20,21,25). The quantitative estimate of drug-likeness (QED) is 0.844. The van der Waals surface area contributed by atoms with Gasteiger partial charge in [0.05, 0.1) is 6.54 Å². The maximum atomic E-state index is 12.3. The van der Waals surface area contributed by atoms with Gasteiger partial charge in [0.1, 0.15) is 0 Å². The Hall–Kier alpha value is -2.83. The van der Waals surface area contributed by atoms with Crippen LogP contribution in [-0.4, -0.2) is 45.8 Å². The third-order valence-corrected chi connectivity index (χ3v) is 4.20. The molecule has 3 amide bonds. The summed E-state index contributed by atoms with van der Waals surface area (Å²) in [6, 6.07) is 9.13. The topological polar surface area (TPSA) is 79.3 Å². The molecule has 1 aromatic carbocycles. The van der Waals surface area contributed by atoms with Gasteiger partial charge < -0.3 is 15.5 Å². The molecule has 1 fully saturated rings. The molecule has 3 rings (SSSR count). The number of amides is 3. The summed E-state index contributed by atoms with van der Waals surface area (Å²) in [7, 11) is 0. The number of hydrogen-bond donors (Lipinski definition) is 2. The van der Waals surface area contributed by atoms with E-state index in [0.29, 0.717) is 19.5 Å². The van der Waals surface area contributed by atoms with Crippen molar-refractivity contribution in [2.24, 2.45) is 0 Å². The molecular formula is C18H23N5O2. The second-order valence-corrected chi connectivity index (χ2v) is 6.30. The number of urea groups is 1. The lowest BCUT2D eigenvalue weighted by Gasteiger charge is -2.22. The van der Waals surface area contributed by atoms with Crippen molar-refractivity contribution in [2.45, 2.75) is 32.4 Å². The van der Waals surface area contributed by atoms with Crippen LogP contribution in [0.4, 0.5) is 10.5 Å². The summed E-state index contributed by atoms with van der Waals surface area (Å²) in [6.45, 7) is 3.81. The molecule has 1 aliphatic rings. The molecule has 7 heteroatoms. The Bertz CT molecular complexity index is 729. The van der Waals surface area contributed by atoms with Crippen molar-refractivity contribution in [3.8, 4) is 0 Å². The number of hydrogen-bond acceptors (Lipinski definition) is 3. The zero-order valence-electron chi connectivity index (χ0n) is 14.3. The fourth-order valence-electron chi connectivity index (χ4n) is 3.00. The lowest BCUT2D eigenvalue weighted by molar-refractivity contribution is -0.127. The molecule has 132 valence electrons. The summed E-state index contributed by atoms with van der Waals surface area (Å²) in [5.41, 5.74) is 1.73. The number of nitrogens with one attached hydrogen (secondary N) is 2. The van der Waals surface area contributed by atoms with Crippen LogP contribution in [0.1, 0.15) is 25.3 Å². The molecule has 2 heterocycles. The summed E-state index contributed by atoms with van der Waals surface area (Å²) in [4.78, 5) is 25.8. The Morgan fingerprint density at radius 1 is 1.32 bits per heavy atom. The minimum atomic E-state index is -0.271. The van der Waals surface area contributed by atoms with Crippen molar-refractivity contribution in [3.63, 3.8) is 0 Å². The van der Waals surface area contributed by atoms with Crippen LogP contribution in [0, 0.1) is 0 Å². The molecule has 25 heavy (non-hydrogen) atoms. The molecule has 0 radical (unpaired) electrons. The first-order valence-electron chi connectivity index (χ1n) is 8.52. The van der Waals surface area contributed by atoms with Gasteiger partial charge in [-0.1, -0.05) is 18.2 Å². The van der Waals surface area contributed by atoms with Crippen LogP contribution < -0.4 is 10.6 Å². The Kier molecular flexibility index (Phi) is 5.33. The van der Waals surface area contributed by atoms with Gasteiger partial charge >= 0.3 is 6.03 Å². The molecule has 1 saturated heterocycles. The molecule has 1 unspecified atom stereocenters. The Balaban J connectivity index is 1.56. The van der Waals surface area contributed by atoms with Gasteiger partial charge in [-0.25, -0.2) is 4.79 Å². The van der Waals surface area contributed by atoms with Crippen LogP contribution in [0.15, 0.2) is 42.7 Å². The number of carbonyl (C=O) groups excluding carboxylic acids is 2. The second-order valence-electron chi connectivity index (χ2n) is 6.30. The minimum Gasteiger partial charge on any atom is -0.341 e. The van der Waals surface area contributed by atoms with Crippen LogP contribution in [-0.2, 0) is 11.3 Å². The average molecular weight is 341 g/mol. The lowest BCUT2D eigenvalue weighted by Crippen LogP contribution is -2.44. The van der Waals surface area contributed by atoms with Crippen LogP contribution in [0.3, 0.4) is 0 Å². The van der Waals surface area contributed by atoms with Crippen LogP contribution >= 0.6 is 0 Å².